The molecule has 2 atom stereocenters. The van der Waals surface area contributed by atoms with E-state index in [1.54, 1.807) is 19.2 Å². The molecule has 1 unspecified atom stereocenters. The number of benzene rings is 1. The lowest BCUT2D eigenvalue weighted by atomic mass is 9.75. The average Bonchev–Trinajstić information content (AvgIpc) is 3.18. The summed E-state index contributed by atoms with van der Waals surface area (Å²) in [6.45, 7) is 1.72. The van der Waals surface area contributed by atoms with Crippen LogP contribution < -0.4 is 0 Å². The lowest BCUT2D eigenvalue weighted by molar-refractivity contribution is -0.147. The van der Waals surface area contributed by atoms with E-state index in [2.05, 4.69) is 10.2 Å². The van der Waals surface area contributed by atoms with Crippen LogP contribution in [0.5, 0.6) is 0 Å². The summed E-state index contributed by atoms with van der Waals surface area (Å²) >= 11 is 0. The Balaban J connectivity index is 2.04. The third kappa shape index (κ3) is 2.21. The predicted molar refractivity (Wildman–Crippen MR) is 80.0 cm³/mol. The summed E-state index contributed by atoms with van der Waals surface area (Å²) in [6.07, 6.45) is 5.76. The molecule has 1 saturated carbocycles. The average molecular weight is 302 g/mol. The van der Waals surface area contributed by atoms with Gasteiger partial charge in [-0.15, -0.1) is 0 Å². The molecule has 1 aliphatic rings. The fraction of sp³-hybridized carbons (Fsp3) is 0.412. The quantitative estimate of drug-likeness (QED) is 0.886. The number of ether oxygens (including phenoxy) is 1. The Kier molecular flexibility index (Phi) is 3.72. The summed E-state index contributed by atoms with van der Waals surface area (Å²) in [5.74, 6) is -0.347. The summed E-state index contributed by atoms with van der Waals surface area (Å²) in [5, 5.41) is 6.79. The van der Waals surface area contributed by atoms with E-state index in [1.807, 2.05) is 12.3 Å². The Morgan fingerprint density at radius 3 is 3.00 bits per heavy atom. The molecule has 1 aromatic carbocycles. The smallest absolute Gasteiger partial charge is 0.316 e. The first kappa shape index (κ1) is 14.8. The Morgan fingerprint density at radius 1 is 1.50 bits per heavy atom. The second-order valence-electron chi connectivity index (χ2n) is 5.96. The van der Waals surface area contributed by atoms with Crippen molar-refractivity contribution >= 4 is 5.97 Å². The van der Waals surface area contributed by atoms with Crippen LogP contribution in [-0.2, 0) is 14.9 Å². The van der Waals surface area contributed by atoms with Crippen molar-refractivity contribution in [3.63, 3.8) is 0 Å². The minimum atomic E-state index is -0.775. The van der Waals surface area contributed by atoms with E-state index >= 15 is 0 Å². The highest BCUT2D eigenvalue weighted by Crippen LogP contribution is 2.50. The van der Waals surface area contributed by atoms with Gasteiger partial charge in [-0.05, 0) is 54.9 Å². The topological polar surface area (TPSA) is 55.0 Å². The van der Waals surface area contributed by atoms with Crippen molar-refractivity contribution in [2.45, 2.75) is 37.5 Å². The first-order valence-corrected chi connectivity index (χ1v) is 7.41. The number of halogens is 1. The van der Waals surface area contributed by atoms with Gasteiger partial charge in [-0.25, -0.2) is 4.39 Å². The van der Waals surface area contributed by atoms with Crippen molar-refractivity contribution in [2.24, 2.45) is 0 Å². The van der Waals surface area contributed by atoms with Gasteiger partial charge in [0.15, 0.2) is 0 Å². The van der Waals surface area contributed by atoms with E-state index in [9.17, 15) is 9.18 Å². The van der Waals surface area contributed by atoms with Gasteiger partial charge in [-0.2, -0.15) is 5.10 Å². The van der Waals surface area contributed by atoms with Crippen molar-refractivity contribution in [1.82, 2.24) is 10.2 Å². The van der Waals surface area contributed by atoms with Gasteiger partial charge in [0.1, 0.15) is 5.82 Å². The van der Waals surface area contributed by atoms with Gasteiger partial charge in [0, 0.05) is 6.20 Å². The SMILES string of the molecule is COC(=O)[C@@]1(c2cccc(F)c2C)CCC(c2cn[nH]c2)C1. The molecule has 1 aromatic heterocycles. The van der Waals surface area contributed by atoms with Gasteiger partial charge in [-0.3, -0.25) is 9.89 Å². The third-order valence-electron chi connectivity index (χ3n) is 4.86. The van der Waals surface area contributed by atoms with Gasteiger partial charge < -0.3 is 4.74 Å². The van der Waals surface area contributed by atoms with Crippen LogP contribution in [0.2, 0.25) is 0 Å². The standard InChI is InChI=1S/C17H19FN2O2/c1-11-14(4-3-5-15(11)18)17(16(21)22-2)7-6-12(8-17)13-9-19-20-10-13/h3-5,9-10,12H,6-8H2,1-2H3,(H,19,20)/t12?,17-/m0/s1. The molecule has 0 bridgehead atoms. The van der Waals surface area contributed by atoms with Gasteiger partial charge in [0.25, 0.3) is 0 Å². The number of nitrogens with one attached hydrogen (secondary N) is 1. The Hall–Kier alpha value is -2.17. The van der Waals surface area contributed by atoms with Crippen molar-refractivity contribution in [2.75, 3.05) is 7.11 Å². The Labute approximate surface area is 128 Å². The summed E-state index contributed by atoms with van der Waals surface area (Å²) in [5.41, 5.74) is 1.58. The summed E-state index contributed by atoms with van der Waals surface area (Å²) < 4.78 is 19.0. The molecule has 4 nitrogen and oxygen atoms in total. The van der Waals surface area contributed by atoms with Crippen LogP contribution in [0.1, 0.15) is 41.9 Å². The van der Waals surface area contributed by atoms with Crippen LogP contribution in [-0.4, -0.2) is 23.3 Å². The second-order valence-corrected chi connectivity index (χ2v) is 5.96. The van der Waals surface area contributed by atoms with E-state index in [4.69, 9.17) is 4.74 Å². The fourth-order valence-electron chi connectivity index (χ4n) is 3.68. The van der Waals surface area contributed by atoms with E-state index in [1.165, 1.54) is 13.2 Å². The van der Waals surface area contributed by atoms with E-state index in [0.717, 1.165) is 17.5 Å². The molecule has 0 amide bonds. The second kappa shape index (κ2) is 5.55. The first-order chi connectivity index (χ1) is 10.6. The van der Waals surface area contributed by atoms with Crippen LogP contribution in [0.3, 0.4) is 0 Å². The molecule has 1 fully saturated rings. The molecule has 22 heavy (non-hydrogen) atoms. The number of carbonyl (C=O) groups is 1. The highest BCUT2D eigenvalue weighted by atomic mass is 19.1. The summed E-state index contributed by atoms with van der Waals surface area (Å²) in [4.78, 5) is 12.5. The monoisotopic (exact) mass is 302 g/mol. The molecule has 116 valence electrons. The molecule has 3 rings (SSSR count). The Morgan fingerprint density at radius 2 is 2.32 bits per heavy atom. The Bertz CT molecular complexity index is 684. The number of aromatic amines is 1. The summed E-state index contributed by atoms with van der Waals surface area (Å²) in [7, 11) is 1.39. The minimum Gasteiger partial charge on any atom is -0.468 e. The molecule has 0 aliphatic heterocycles. The number of nitrogens with zero attached hydrogens (tertiary/aromatic N) is 1. The van der Waals surface area contributed by atoms with Crippen LogP contribution in [0, 0.1) is 12.7 Å². The lowest BCUT2D eigenvalue weighted by Gasteiger charge is -2.28. The third-order valence-corrected chi connectivity index (χ3v) is 4.86. The van der Waals surface area contributed by atoms with Crippen LogP contribution in [0.15, 0.2) is 30.6 Å². The molecule has 5 heteroatoms. The normalized spacial score (nSPS) is 24.4. The van der Waals surface area contributed by atoms with Gasteiger partial charge in [0.2, 0.25) is 0 Å². The van der Waals surface area contributed by atoms with Gasteiger partial charge >= 0.3 is 5.97 Å². The maximum Gasteiger partial charge on any atom is 0.316 e. The number of carbonyl (C=O) groups excluding carboxylic acids is 1. The molecule has 0 saturated heterocycles. The zero-order chi connectivity index (χ0) is 15.7. The maximum absolute atomic E-state index is 14.0. The molecular weight excluding hydrogens is 283 g/mol. The minimum absolute atomic E-state index is 0.223. The number of hydrogen-bond acceptors (Lipinski definition) is 3. The highest BCUT2D eigenvalue weighted by Gasteiger charge is 2.49. The van der Waals surface area contributed by atoms with Crippen molar-refractivity contribution < 1.29 is 13.9 Å². The largest absolute Gasteiger partial charge is 0.468 e. The van der Waals surface area contributed by atoms with Crippen LogP contribution >= 0.6 is 0 Å². The molecule has 0 spiro atoms. The molecule has 1 heterocycles. The number of hydrogen-bond donors (Lipinski definition) is 1. The number of esters is 1. The zero-order valence-corrected chi connectivity index (χ0v) is 12.7. The van der Waals surface area contributed by atoms with Crippen molar-refractivity contribution in [3.8, 4) is 0 Å². The molecular formula is C17H19FN2O2. The van der Waals surface area contributed by atoms with E-state index in [0.29, 0.717) is 18.4 Å². The predicted octanol–water partition coefficient (Wildman–Crippen LogP) is 3.24. The van der Waals surface area contributed by atoms with Crippen molar-refractivity contribution in [3.05, 3.63) is 53.1 Å². The highest BCUT2D eigenvalue weighted by molar-refractivity contribution is 5.84. The molecule has 0 radical (unpaired) electrons. The van der Waals surface area contributed by atoms with E-state index in [-0.39, 0.29) is 17.7 Å². The fourth-order valence-corrected chi connectivity index (χ4v) is 3.68. The zero-order valence-electron chi connectivity index (χ0n) is 12.7. The number of H-pyrrole nitrogens is 1. The van der Waals surface area contributed by atoms with Crippen LogP contribution in [0.4, 0.5) is 4.39 Å². The van der Waals surface area contributed by atoms with Gasteiger partial charge in [0.05, 0.1) is 18.7 Å². The maximum atomic E-state index is 14.0. The first-order valence-electron chi connectivity index (χ1n) is 7.41. The number of rotatable bonds is 3. The summed E-state index contributed by atoms with van der Waals surface area (Å²) in [6, 6.07) is 4.92. The van der Waals surface area contributed by atoms with Crippen LogP contribution in [0.25, 0.3) is 0 Å². The molecule has 1 aliphatic carbocycles. The molecule has 2 aromatic rings. The number of methoxy groups -OCH3 is 1. The molecule has 1 N–H and O–H groups in total. The van der Waals surface area contributed by atoms with E-state index < -0.39 is 5.41 Å². The van der Waals surface area contributed by atoms with Crippen molar-refractivity contribution in [1.29, 1.82) is 0 Å². The van der Waals surface area contributed by atoms with Gasteiger partial charge in [-0.1, -0.05) is 12.1 Å². The lowest BCUT2D eigenvalue weighted by Crippen LogP contribution is -2.35. The number of aromatic nitrogens is 2.